The number of aromatic nitrogens is 2. The average Bonchev–Trinajstić information content (AvgIpc) is 2.31. The Balaban J connectivity index is 2.38. The molecule has 0 aliphatic rings. The molecule has 6 heteroatoms. The van der Waals surface area contributed by atoms with Crippen LogP contribution in [0.1, 0.15) is 5.56 Å². The van der Waals surface area contributed by atoms with E-state index in [4.69, 9.17) is 5.73 Å². The third kappa shape index (κ3) is 2.36. The Hall–Kier alpha value is -1.69. The molecule has 1 heterocycles. The second-order valence-corrected chi connectivity index (χ2v) is 4.25. The Labute approximate surface area is 106 Å². The SMILES string of the molecule is Cc1c(F)cccc1Nc1ncnc(N)c1Br. The number of halogens is 2. The minimum Gasteiger partial charge on any atom is -0.383 e. The van der Waals surface area contributed by atoms with E-state index in [1.807, 2.05) is 0 Å². The summed E-state index contributed by atoms with van der Waals surface area (Å²) in [6.07, 6.45) is 1.34. The van der Waals surface area contributed by atoms with E-state index in [1.54, 1.807) is 19.1 Å². The van der Waals surface area contributed by atoms with Gasteiger partial charge in [0, 0.05) is 11.3 Å². The maximum Gasteiger partial charge on any atom is 0.150 e. The molecule has 2 rings (SSSR count). The molecule has 1 aromatic heterocycles. The van der Waals surface area contributed by atoms with E-state index < -0.39 is 0 Å². The lowest BCUT2D eigenvalue weighted by Gasteiger charge is -2.11. The number of benzene rings is 1. The molecule has 0 saturated heterocycles. The smallest absolute Gasteiger partial charge is 0.150 e. The standard InChI is InChI=1S/C11H10BrFN4/c1-6-7(13)3-2-4-8(6)17-11-9(12)10(14)15-5-16-11/h2-5H,1H3,(H3,14,15,16,17). The fourth-order valence-electron chi connectivity index (χ4n) is 1.34. The minimum absolute atomic E-state index is 0.270. The van der Waals surface area contributed by atoms with Gasteiger partial charge in [0.1, 0.15) is 28.3 Å². The summed E-state index contributed by atoms with van der Waals surface area (Å²) in [5.41, 5.74) is 6.80. The van der Waals surface area contributed by atoms with Crippen LogP contribution in [0.3, 0.4) is 0 Å². The zero-order valence-corrected chi connectivity index (χ0v) is 10.6. The highest BCUT2D eigenvalue weighted by atomic mass is 79.9. The zero-order chi connectivity index (χ0) is 12.4. The fraction of sp³-hybridized carbons (Fsp3) is 0.0909. The second-order valence-electron chi connectivity index (χ2n) is 3.46. The lowest BCUT2D eigenvalue weighted by molar-refractivity contribution is 0.619. The van der Waals surface area contributed by atoms with Crippen molar-refractivity contribution < 1.29 is 4.39 Å². The van der Waals surface area contributed by atoms with Gasteiger partial charge in [-0.2, -0.15) is 0 Å². The number of nitrogens with two attached hydrogens (primary N) is 1. The molecule has 0 radical (unpaired) electrons. The van der Waals surface area contributed by atoms with E-state index in [1.165, 1.54) is 12.4 Å². The first-order valence-electron chi connectivity index (χ1n) is 4.87. The molecule has 4 nitrogen and oxygen atoms in total. The van der Waals surface area contributed by atoms with Crippen LogP contribution in [0.2, 0.25) is 0 Å². The van der Waals surface area contributed by atoms with Gasteiger partial charge in [-0.3, -0.25) is 0 Å². The molecule has 0 fully saturated rings. The van der Waals surface area contributed by atoms with Gasteiger partial charge in [0.2, 0.25) is 0 Å². The van der Waals surface area contributed by atoms with E-state index in [9.17, 15) is 4.39 Å². The van der Waals surface area contributed by atoms with E-state index >= 15 is 0 Å². The molecule has 1 aromatic carbocycles. The number of hydrogen-bond acceptors (Lipinski definition) is 4. The highest BCUT2D eigenvalue weighted by molar-refractivity contribution is 9.10. The first kappa shape index (κ1) is 11.8. The van der Waals surface area contributed by atoms with Crippen LogP contribution in [0.4, 0.5) is 21.7 Å². The second kappa shape index (κ2) is 4.67. The Morgan fingerprint density at radius 1 is 1.35 bits per heavy atom. The summed E-state index contributed by atoms with van der Waals surface area (Å²) in [4.78, 5) is 7.86. The van der Waals surface area contributed by atoms with Gasteiger partial charge in [-0.25, -0.2) is 14.4 Å². The lowest BCUT2D eigenvalue weighted by Crippen LogP contribution is -2.01. The van der Waals surface area contributed by atoms with Crippen molar-refractivity contribution in [2.75, 3.05) is 11.1 Å². The summed E-state index contributed by atoms with van der Waals surface area (Å²) < 4.78 is 13.9. The van der Waals surface area contributed by atoms with E-state index in [0.29, 0.717) is 27.4 Å². The molecule has 0 bridgehead atoms. The molecule has 3 N–H and O–H groups in total. The molecule has 2 aromatic rings. The van der Waals surface area contributed by atoms with Gasteiger partial charge in [0.15, 0.2) is 0 Å². The third-order valence-corrected chi connectivity index (χ3v) is 3.12. The first-order chi connectivity index (χ1) is 8.09. The number of nitrogen functional groups attached to an aromatic ring is 1. The Kier molecular flexibility index (Phi) is 3.23. The average molecular weight is 297 g/mol. The molecule has 0 aliphatic heterocycles. The van der Waals surface area contributed by atoms with Gasteiger partial charge < -0.3 is 11.1 Å². The van der Waals surface area contributed by atoms with Gasteiger partial charge in [0.25, 0.3) is 0 Å². The zero-order valence-electron chi connectivity index (χ0n) is 9.04. The number of anilines is 3. The van der Waals surface area contributed by atoms with Crippen molar-refractivity contribution in [2.45, 2.75) is 6.92 Å². The van der Waals surface area contributed by atoms with Crippen LogP contribution in [0.25, 0.3) is 0 Å². The normalized spacial score (nSPS) is 10.3. The lowest BCUT2D eigenvalue weighted by atomic mass is 10.2. The summed E-state index contributed by atoms with van der Waals surface area (Å²) in [6, 6.07) is 4.80. The molecule has 0 amide bonds. The molecule has 0 aliphatic carbocycles. The minimum atomic E-state index is -0.270. The van der Waals surface area contributed by atoms with Crippen molar-refractivity contribution in [1.82, 2.24) is 9.97 Å². The van der Waals surface area contributed by atoms with Crippen LogP contribution in [0.5, 0.6) is 0 Å². The highest BCUT2D eigenvalue weighted by Crippen LogP contribution is 2.28. The first-order valence-corrected chi connectivity index (χ1v) is 5.67. The number of nitrogens with one attached hydrogen (secondary N) is 1. The molecule has 0 atom stereocenters. The van der Waals surface area contributed by atoms with Gasteiger partial charge in [0.05, 0.1) is 0 Å². The van der Waals surface area contributed by atoms with Crippen LogP contribution >= 0.6 is 15.9 Å². The number of hydrogen-bond donors (Lipinski definition) is 2. The molecule has 0 saturated carbocycles. The van der Waals surface area contributed by atoms with Gasteiger partial charge in [-0.1, -0.05) is 6.07 Å². The van der Waals surface area contributed by atoms with E-state index in [2.05, 4.69) is 31.2 Å². The Bertz CT molecular complexity index is 510. The summed E-state index contributed by atoms with van der Waals surface area (Å²) >= 11 is 3.27. The van der Waals surface area contributed by atoms with E-state index in [-0.39, 0.29) is 5.82 Å². The molecule has 88 valence electrons. The van der Waals surface area contributed by atoms with Crippen LogP contribution in [0, 0.1) is 12.7 Å². The maximum absolute atomic E-state index is 13.4. The predicted octanol–water partition coefficient (Wildman–Crippen LogP) is 3.01. The van der Waals surface area contributed by atoms with Crippen molar-refractivity contribution in [2.24, 2.45) is 0 Å². The van der Waals surface area contributed by atoms with Gasteiger partial charge in [-0.05, 0) is 35.0 Å². The predicted molar refractivity (Wildman–Crippen MR) is 68.6 cm³/mol. The topological polar surface area (TPSA) is 63.8 Å². The monoisotopic (exact) mass is 296 g/mol. The summed E-state index contributed by atoms with van der Waals surface area (Å²) in [5.74, 6) is 0.566. The summed E-state index contributed by atoms with van der Waals surface area (Å²) in [6.45, 7) is 1.69. The Morgan fingerprint density at radius 3 is 2.88 bits per heavy atom. The summed E-state index contributed by atoms with van der Waals surface area (Å²) in [7, 11) is 0. The van der Waals surface area contributed by atoms with Gasteiger partial charge >= 0.3 is 0 Å². The van der Waals surface area contributed by atoms with Crippen molar-refractivity contribution in [3.8, 4) is 0 Å². The van der Waals surface area contributed by atoms with Crippen LogP contribution in [-0.2, 0) is 0 Å². The molecule has 0 spiro atoms. The van der Waals surface area contributed by atoms with E-state index in [0.717, 1.165) is 0 Å². The molecule has 0 unspecified atom stereocenters. The Morgan fingerprint density at radius 2 is 2.12 bits per heavy atom. The van der Waals surface area contributed by atoms with Crippen molar-refractivity contribution in [3.05, 3.63) is 40.4 Å². The summed E-state index contributed by atoms with van der Waals surface area (Å²) in [5, 5.41) is 3.00. The van der Waals surface area contributed by atoms with Crippen LogP contribution < -0.4 is 11.1 Å². The fourth-order valence-corrected chi connectivity index (χ4v) is 1.64. The largest absolute Gasteiger partial charge is 0.383 e. The third-order valence-electron chi connectivity index (χ3n) is 2.34. The number of rotatable bonds is 2. The molecular weight excluding hydrogens is 287 g/mol. The maximum atomic E-state index is 13.4. The molecular formula is C11H10BrFN4. The van der Waals surface area contributed by atoms with Crippen LogP contribution in [-0.4, -0.2) is 9.97 Å². The number of nitrogens with zero attached hydrogens (tertiary/aromatic N) is 2. The highest BCUT2D eigenvalue weighted by Gasteiger charge is 2.08. The van der Waals surface area contributed by atoms with Crippen molar-refractivity contribution in [1.29, 1.82) is 0 Å². The quantitative estimate of drug-likeness (QED) is 0.894. The molecule has 17 heavy (non-hydrogen) atoms. The van der Waals surface area contributed by atoms with Gasteiger partial charge in [-0.15, -0.1) is 0 Å². The van der Waals surface area contributed by atoms with Crippen molar-refractivity contribution in [3.63, 3.8) is 0 Å². The van der Waals surface area contributed by atoms with Crippen LogP contribution in [0.15, 0.2) is 29.0 Å². The van der Waals surface area contributed by atoms with Crippen molar-refractivity contribution >= 4 is 33.3 Å².